The van der Waals surface area contributed by atoms with E-state index in [0.29, 0.717) is 39.0 Å². The number of carbonyl (C=O) groups excluding carboxylic acids is 1. The highest BCUT2D eigenvalue weighted by Gasteiger charge is 2.26. The van der Waals surface area contributed by atoms with Crippen LogP contribution in [0.4, 0.5) is 0 Å². The van der Waals surface area contributed by atoms with E-state index < -0.39 is 12.3 Å². The molecule has 7 N–H and O–H groups in total. The van der Waals surface area contributed by atoms with Crippen molar-refractivity contribution in [1.29, 1.82) is 5.41 Å². The summed E-state index contributed by atoms with van der Waals surface area (Å²) in [6.45, 7) is 5.88. The van der Waals surface area contributed by atoms with Crippen LogP contribution in [0.3, 0.4) is 0 Å². The molecule has 9 heteroatoms. The molecule has 0 heterocycles. The Balaban J connectivity index is 0.00000961. The van der Waals surface area contributed by atoms with Crippen molar-refractivity contribution >= 4 is 24.3 Å². The quantitative estimate of drug-likeness (QED) is 0.102. The minimum Gasteiger partial charge on any atom is -0.370 e. The van der Waals surface area contributed by atoms with E-state index in [4.69, 9.17) is 26.4 Å². The summed E-state index contributed by atoms with van der Waals surface area (Å²) in [5.41, 5.74) is 12.6. The molecule has 1 aromatic rings. The van der Waals surface area contributed by atoms with Crippen LogP contribution in [0.25, 0.3) is 0 Å². The second-order valence-corrected chi connectivity index (χ2v) is 7.71. The number of guanidine groups is 1. The van der Waals surface area contributed by atoms with Crippen LogP contribution in [0.2, 0.25) is 0 Å². The highest BCUT2D eigenvalue weighted by atomic mass is 35.5. The maximum absolute atomic E-state index is 12.8. The monoisotopic (exact) mass is 471 g/mol. The van der Waals surface area contributed by atoms with Crippen molar-refractivity contribution in [2.45, 2.75) is 77.2 Å². The Morgan fingerprint density at radius 2 is 1.66 bits per heavy atom. The fourth-order valence-electron chi connectivity index (χ4n) is 3.04. The normalized spacial score (nSPS) is 12.6. The van der Waals surface area contributed by atoms with Crippen LogP contribution < -0.4 is 22.1 Å². The third-order valence-corrected chi connectivity index (χ3v) is 4.86. The summed E-state index contributed by atoms with van der Waals surface area (Å²) in [7, 11) is 0. The summed E-state index contributed by atoms with van der Waals surface area (Å²) in [4.78, 5) is 12.8. The van der Waals surface area contributed by atoms with Crippen molar-refractivity contribution in [3.8, 4) is 0 Å². The molecule has 0 aliphatic heterocycles. The number of rotatable bonds is 17. The first-order chi connectivity index (χ1) is 15.0. The third kappa shape index (κ3) is 13.5. The lowest BCUT2D eigenvalue weighted by molar-refractivity contribution is -0.165. The van der Waals surface area contributed by atoms with E-state index in [1.54, 1.807) is 0 Å². The number of hydrogen-bond acceptors (Lipinski definition) is 5. The summed E-state index contributed by atoms with van der Waals surface area (Å²) in [5, 5.41) is 13.1. The molecule has 0 saturated heterocycles. The second kappa shape index (κ2) is 18.7. The Kier molecular flexibility index (Phi) is 17.6. The minimum absolute atomic E-state index is 0. The van der Waals surface area contributed by atoms with Crippen molar-refractivity contribution in [1.82, 2.24) is 10.6 Å². The number of amides is 1. The predicted molar refractivity (Wildman–Crippen MR) is 132 cm³/mol. The molecule has 1 rings (SSSR count). The van der Waals surface area contributed by atoms with Crippen molar-refractivity contribution in [2.75, 3.05) is 19.8 Å². The summed E-state index contributed by atoms with van der Waals surface area (Å²) < 4.78 is 12.0. The molecule has 1 aromatic carbocycles. The first-order valence-corrected chi connectivity index (χ1v) is 11.4. The molecule has 0 aliphatic rings. The highest BCUT2D eigenvalue weighted by molar-refractivity contribution is 5.85. The van der Waals surface area contributed by atoms with Gasteiger partial charge < -0.3 is 31.6 Å². The van der Waals surface area contributed by atoms with Gasteiger partial charge in [0.25, 0.3) is 0 Å². The van der Waals surface area contributed by atoms with Crippen LogP contribution >= 0.6 is 12.4 Å². The Labute approximate surface area is 199 Å². The third-order valence-electron chi connectivity index (χ3n) is 4.86. The molecule has 0 radical (unpaired) electrons. The van der Waals surface area contributed by atoms with Gasteiger partial charge in [-0.05, 0) is 37.7 Å². The van der Waals surface area contributed by atoms with Gasteiger partial charge in [-0.2, -0.15) is 0 Å². The van der Waals surface area contributed by atoms with Gasteiger partial charge in [0.05, 0.1) is 12.1 Å². The van der Waals surface area contributed by atoms with E-state index in [9.17, 15) is 4.79 Å². The molecule has 0 spiro atoms. The lowest BCUT2D eigenvalue weighted by Gasteiger charge is -2.29. The number of carbonyl (C=O) groups is 1. The standard InChI is InChI=1S/C23H41N5O3.ClH/c1-3-5-15-30-22(31-16-6-4-2)20(13-10-14-27-23(25)26)28-21(29)19(24)17-18-11-8-7-9-12-18;/h7-9,11-12,19-20,22H,3-6,10,13-17,24H2,1-2H3,(H,28,29)(H4,25,26,27);1H/t19-,20-;/m0./s1. The van der Waals surface area contributed by atoms with Crippen LogP contribution in [0.1, 0.15) is 57.9 Å². The number of nitrogens with one attached hydrogen (secondary N) is 3. The lowest BCUT2D eigenvalue weighted by atomic mass is 10.0. The van der Waals surface area contributed by atoms with Crippen LogP contribution in [-0.2, 0) is 20.7 Å². The predicted octanol–water partition coefficient (Wildman–Crippen LogP) is 2.69. The van der Waals surface area contributed by atoms with Gasteiger partial charge in [-0.15, -0.1) is 12.4 Å². The van der Waals surface area contributed by atoms with Gasteiger partial charge >= 0.3 is 0 Å². The van der Waals surface area contributed by atoms with Gasteiger partial charge in [-0.1, -0.05) is 57.0 Å². The van der Waals surface area contributed by atoms with Gasteiger partial charge in [-0.3, -0.25) is 10.2 Å². The zero-order chi connectivity index (χ0) is 22.9. The number of ether oxygens (including phenoxy) is 2. The van der Waals surface area contributed by atoms with Crippen molar-refractivity contribution in [3.05, 3.63) is 35.9 Å². The van der Waals surface area contributed by atoms with Crippen LogP contribution in [0.15, 0.2) is 30.3 Å². The van der Waals surface area contributed by atoms with Gasteiger partial charge in [0, 0.05) is 19.8 Å². The molecule has 184 valence electrons. The fraction of sp³-hybridized carbons (Fsp3) is 0.652. The van der Waals surface area contributed by atoms with Crippen molar-refractivity contribution in [3.63, 3.8) is 0 Å². The maximum atomic E-state index is 12.8. The van der Waals surface area contributed by atoms with Crippen molar-refractivity contribution in [2.24, 2.45) is 11.5 Å². The zero-order valence-corrected chi connectivity index (χ0v) is 20.3. The lowest BCUT2D eigenvalue weighted by Crippen LogP contribution is -2.52. The molecule has 8 nitrogen and oxygen atoms in total. The molecule has 32 heavy (non-hydrogen) atoms. The smallest absolute Gasteiger partial charge is 0.237 e. The number of unbranched alkanes of at least 4 members (excludes halogenated alkanes) is 2. The summed E-state index contributed by atoms with van der Waals surface area (Å²) in [6, 6.07) is 8.73. The molecule has 1 amide bonds. The average Bonchev–Trinajstić information content (AvgIpc) is 2.75. The molecular weight excluding hydrogens is 430 g/mol. The molecule has 0 fully saturated rings. The number of hydrogen-bond donors (Lipinski definition) is 5. The second-order valence-electron chi connectivity index (χ2n) is 7.71. The Morgan fingerprint density at radius 3 is 2.19 bits per heavy atom. The number of halogens is 1. The molecule has 0 aliphatic carbocycles. The molecule has 2 atom stereocenters. The average molecular weight is 472 g/mol. The van der Waals surface area contributed by atoms with E-state index in [-0.39, 0.29) is 30.3 Å². The Hall–Kier alpha value is -1.87. The summed E-state index contributed by atoms with van der Waals surface area (Å²) >= 11 is 0. The number of benzene rings is 1. The first-order valence-electron chi connectivity index (χ1n) is 11.4. The maximum Gasteiger partial charge on any atom is 0.237 e. The zero-order valence-electron chi connectivity index (χ0n) is 19.5. The molecule has 0 saturated carbocycles. The van der Waals surface area contributed by atoms with E-state index >= 15 is 0 Å². The molecule has 0 unspecified atom stereocenters. The van der Waals surface area contributed by atoms with Gasteiger partial charge in [0.15, 0.2) is 12.2 Å². The van der Waals surface area contributed by atoms with Gasteiger partial charge in [0.1, 0.15) is 0 Å². The Morgan fingerprint density at radius 1 is 1.06 bits per heavy atom. The molecule has 0 bridgehead atoms. The van der Waals surface area contributed by atoms with Gasteiger partial charge in [0.2, 0.25) is 5.91 Å². The first kappa shape index (κ1) is 30.1. The van der Waals surface area contributed by atoms with E-state index in [2.05, 4.69) is 24.5 Å². The summed E-state index contributed by atoms with van der Waals surface area (Å²) in [6.07, 6.45) is 5.12. The van der Waals surface area contributed by atoms with Crippen LogP contribution in [-0.4, -0.2) is 50.0 Å². The van der Waals surface area contributed by atoms with Crippen LogP contribution in [0, 0.1) is 5.41 Å². The SMILES string of the molecule is CCCCOC(OCCCC)[C@H](CCCNC(=N)N)NC(=O)[C@@H](N)Cc1ccccc1.Cl. The Bertz CT molecular complexity index is 611. The van der Waals surface area contributed by atoms with E-state index in [0.717, 1.165) is 31.2 Å². The van der Waals surface area contributed by atoms with Crippen LogP contribution in [0.5, 0.6) is 0 Å². The molecular formula is C23H42ClN5O3. The summed E-state index contributed by atoms with van der Waals surface area (Å²) in [5.74, 6) is -0.294. The minimum atomic E-state index is -0.660. The van der Waals surface area contributed by atoms with Crippen molar-refractivity contribution < 1.29 is 14.3 Å². The largest absolute Gasteiger partial charge is 0.370 e. The fourth-order valence-corrected chi connectivity index (χ4v) is 3.04. The topological polar surface area (TPSA) is 135 Å². The molecule has 0 aromatic heterocycles. The highest BCUT2D eigenvalue weighted by Crippen LogP contribution is 2.12. The number of nitrogens with two attached hydrogens (primary N) is 2. The van der Waals surface area contributed by atoms with E-state index in [1.807, 2.05) is 30.3 Å². The van der Waals surface area contributed by atoms with Gasteiger partial charge in [-0.25, -0.2) is 0 Å². The van der Waals surface area contributed by atoms with E-state index in [1.165, 1.54) is 0 Å².